The van der Waals surface area contributed by atoms with Crippen LogP contribution in [0.3, 0.4) is 0 Å². The van der Waals surface area contributed by atoms with Gasteiger partial charge in [0.2, 0.25) is 0 Å². The third-order valence-corrected chi connectivity index (χ3v) is 4.88. The zero-order chi connectivity index (χ0) is 14.5. The molecule has 1 aliphatic carbocycles. The van der Waals surface area contributed by atoms with Crippen molar-refractivity contribution in [1.29, 1.82) is 0 Å². The van der Waals surface area contributed by atoms with Gasteiger partial charge >= 0.3 is 0 Å². The summed E-state index contributed by atoms with van der Waals surface area (Å²) in [5, 5.41) is 3.50. The average molecular weight is 269 g/mol. The van der Waals surface area contributed by atoms with Crippen LogP contribution in [0.1, 0.15) is 52.9 Å². The lowest BCUT2D eigenvalue weighted by atomic mass is 9.75. The van der Waals surface area contributed by atoms with Gasteiger partial charge in [-0.15, -0.1) is 0 Å². The topological polar surface area (TPSA) is 18.5 Å². The molecule has 0 aromatic heterocycles. The molecule has 0 heterocycles. The Bertz CT molecular complexity index is 246. The highest BCUT2D eigenvalue weighted by Crippen LogP contribution is 2.37. The summed E-state index contributed by atoms with van der Waals surface area (Å²) >= 11 is 0. The highest BCUT2D eigenvalue weighted by Gasteiger charge is 2.40. The SMILES string of the molecule is CC(C)NCCCC(C)N(C)CC1(N(C)C)CCC1. The van der Waals surface area contributed by atoms with E-state index in [2.05, 4.69) is 57.0 Å². The normalized spacial score (nSPS) is 20.1. The van der Waals surface area contributed by atoms with Crippen molar-refractivity contribution in [3.63, 3.8) is 0 Å². The molecule has 19 heavy (non-hydrogen) atoms. The zero-order valence-corrected chi connectivity index (χ0v) is 14.0. The lowest BCUT2D eigenvalue weighted by Gasteiger charge is -2.50. The minimum atomic E-state index is 0.458. The van der Waals surface area contributed by atoms with Gasteiger partial charge in [0.25, 0.3) is 0 Å². The zero-order valence-electron chi connectivity index (χ0n) is 14.0. The number of rotatable bonds is 9. The van der Waals surface area contributed by atoms with E-state index in [4.69, 9.17) is 0 Å². The first-order valence-corrected chi connectivity index (χ1v) is 7.98. The van der Waals surface area contributed by atoms with Crippen LogP contribution in [0.5, 0.6) is 0 Å². The first-order valence-electron chi connectivity index (χ1n) is 7.98. The number of hydrogen-bond donors (Lipinski definition) is 1. The first kappa shape index (κ1) is 16.9. The fourth-order valence-corrected chi connectivity index (χ4v) is 2.96. The van der Waals surface area contributed by atoms with E-state index < -0.39 is 0 Å². The number of nitrogens with one attached hydrogen (secondary N) is 1. The summed E-state index contributed by atoms with van der Waals surface area (Å²) in [5.74, 6) is 0. The number of nitrogens with zero attached hydrogens (tertiary/aromatic N) is 2. The fraction of sp³-hybridized carbons (Fsp3) is 1.00. The predicted octanol–water partition coefficient (Wildman–Crippen LogP) is 2.57. The van der Waals surface area contributed by atoms with Gasteiger partial charge < -0.3 is 15.1 Å². The second-order valence-corrected chi connectivity index (χ2v) is 6.99. The Labute approximate surface area is 120 Å². The van der Waals surface area contributed by atoms with Crippen molar-refractivity contribution in [2.24, 2.45) is 0 Å². The van der Waals surface area contributed by atoms with Gasteiger partial charge in [-0.3, -0.25) is 0 Å². The molecule has 0 radical (unpaired) electrons. The van der Waals surface area contributed by atoms with Crippen molar-refractivity contribution < 1.29 is 0 Å². The molecule has 0 aromatic rings. The Balaban J connectivity index is 2.26. The summed E-state index contributed by atoms with van der Waals surface area (Å²) < 4.78 is 0. The van der Waals surface area contributed by atoms with E-state index in [9.17, 15) is 0 Å². The average Bonchev–Trinajstić information content (AvgIpc) is 2.27. The van der Waals surface area contributed by atoms with Crippen molar-refractivity contribution in [3.8, 4) is 0 Å². The third kappa shape index (κ3) is 5.05. The Morgan fingerprint density at radius 3 is 2.16 bits per heavy atom. The minimum absolute atomic E-state index is 0.458. The van der Waals surface area contributed by atoms with Crippen LogP contribution >= 0.6 is 0 Å². The van der Waals surface area contributed by atoms with Gasteiger partial charge in [-0.2, -0.15) is 0 Å². The molecule has 1 rings (SSSR count). The van der Waals surface area contributed by atoms with E-state index in [-0.39, 0.29) is 0 Å². The lowest BCUT2D eigenvalue weighted by Crippen LogP contribution is -2.57. The minimum Gasteiger partial charge on any atom is -0.315 e. The van der Waals surface area contributed by atoms with Crippen molar-refractivity contribution in [2.75, 3.05) is 34.2 Å². The Hall–Kier alpha value is -0.120. The summed E-state index contributed by atoms with van der Waals surface area (Å²) in [4.78, 5) is 5.01. The van der Waals surface area contributed by atoms with Gasteiger partial charge in [0, 0.05) is 24.2 Å². The molecule has 1 aliphatic rings. The molecule has 1 saturated carbocycles. The van der Waals surface area contributed by atoms with E-state index >= 15 is 0 Å². The molecule has 0 bridgehead atoms. The maximum atomic E-state index is 3.50. The third-order valence-electron chi connectivity index (χ3n) is 4.88. The van der Waals surface area contributed by atoms with Gasteiger partial charge in [-0.05, 0) is 66.7 Å². The standard InChI is InChI=1S/C16H35N3/c1-14(2)17-12-7-9-15(3)19(6)13-16(18(4)5)10-8-11-16/h14-15,17H,7-13H2,1-6H3. The van der Waals surface area contributed by atoms with Crippen LogP contribution in [-0.4, -0.2) is 61.7 Å². The van der Waals surface area contributed by atoms with Crippen LogP contribution in [0.2, 0.25) is 0 Å². The van der Waals surface area contributed by atoms with E-state index in [1.165, 1.54) is 38.6 Å². The molecule has 0 aromatic carbocycles. The molecule has 3 heteroatoms. The van der Waals surface area contributed by atoms with Crippen LogP contribution in [-0.2, 0) is 0 Å². The Kier molecular flexibility index (Phi) is 6.78. The van der Waals surface area contributed by atoms with E-state index in [1.807, 2.05) is 0 Å². The maximum Gasteiger partial charge on any atom is 0.0330 e. The lowest BCUT2D eigenvalue weighted by molar-refractivity contribution is 0.0170. The van der Waals surface area contributed by atoms with Crippen molar-refractivity contribution >= 4 is 0 Å². The Morgan fingerprint density at radius 2 is 1.74 bits per heavy atom. The molecular formula is C16H35N3. The Morgan fingerprint density at radius 1 is 1.11 bits per heavy atom. The van der Waals surface area contributed by atoms with Crippen LogP contribution in [0, 0.1) is 0 Å². The molecule has 0 amide bonds. The first-order chi connectivity index (χ1) is 8.87. The number of hydrogen-bond acceptors (Lipinski definition) is 3. The summed E-state index contributed by atoms with van der Waals surface area (Å²) in [6.45, 7) is 9.17. The summed E-state index contributed by atoms with van der Waals surface area (Å²) in [5.41, 5.74) is 0.458. The van der Waals surface area contributed by atoms with Gasteiger partial charge in [-0.25, -0.2) is 0 Å². The van der Waals surface area contributed by atoms with E-state index in [1.54, 1.807) is 0 Å². The molecule has 0 spiro atoms. The highest BCUT2D eigenvalue weighted by atomic mass is 15.2. The molecular weight excluding hydrogens is 234 g/mol. The molecule has 3 nitrogen and oxygen atoms in total. The van der Waals surface area contributed by atoms with Crippen LogP contribution in [0.25, 0.3) is 0 Å². The van der Waals surface area contributed by atoms with Crippen molar-refractivity contribution in [2.45, 2.75) is 70.5 Å². The van der Waals surface area contributed by atoms with Gasteiger partial charge in [0.15, 0.2) is 0 Å². The largest absolute Gasteiger partial charge is 0.315 e. The predicted molar refractivity (Wildman–Crippen MR) is 84.7 cm³/mol. The maximum absolute atomic E-state index is 3.50. The molecule has 1 N–H and O–H groups in total. The summed E-state index contributed by atoms with van der Waals surface area (Å²) in [7, 11) is 6.78. The monoisotopic (exact) mass is 269 g/mol. The quantitative estimate of drug-likeness (QED) is 0.649. The van der Waals surface area contributed by atoms with Crippen molar-refractivity contribution in [1.82, 2.24) is 15.1 Å². The molecule has 0 aliphatic heterocycles. The molecule has 114 valence electrons. The highest BCUT2D eigenvalue weighted by molar-refractivity contribution is 4.98. The second kappa shape index (κ2) is 7.61. The molecule has 1 fully saturated rings. The smallest absolute Gasteiger partial charge is 0.0330 e. The van der Waals surface area contributed by atoms with E-state index in [0.29, 0.717) is 17.6 Å². The van der Waals surface area contributed by atoms with Gasteiger partial charge in [0.05, 0.1) is 0 Å². The summed E-state index contributed by atoms with van der Waals surface area (Å²) in [6, 6.07) is 1.30. The summed E-state index contributed by atoms with van der Waals surface area (Å²) in [6.07, 6.45) is 6.70. The van der Waals surface area contributed by atoms with Crippen LogP contribution in [0.15, 0.2) is 0 Å². The van der Waals surface area contributed by atoms with E-state index in [0.717, 1.165) is 6.54 Å². The van der Waals surface area contributed by atoms with Gasteiger partial charge in [-0.1, -0.05) is 13.8 Å². The van der Waals surface area contributed by atoms with Crippen LogP contribution < -0.4 is 5.32 Å². The molecule has 1 atom stereocenters. The second-order valence-electron chi connectivity index (χ2n) is 6.99. The van der Waals surface area contributed by atoms with Gasteiger partial charge in [0.1, 0.15) is 0 Å². The molecule has 0 saturated heterocycles. The number of likely N-dealkylation sites (N-methyl/N-ethyl adjacent to an activating group) is 2. The van der Waals surface area contributed by atoms with Crippen LogP contribution in [0.4, 0.5) is 0 Å². The molecule has 1 unspecified atom stereocenters. The fourth-order valence-electron chi connectivity index (χ4n) is 2.96. The van der Waals surface area contributed by atoms with Crippen molar-refractivity contribution in [3.05, 3.63) is 0 Å².